The zero-order chi connectivity index (χ0) is 28.3. The van der Waals surface area contributed by atoms with E-state index in [1.54, 1.807) is 0 Å². The molecule has 3 fully saturated rings. The van der Waals surface area contributed by atoms with E-state index in [0.29, 0.717) is 6.42 Å². The molecule has 0 aromatic rings. The monoisotopic (exact) mass is 519 g/mol. The lowest BCUT2D eigenvalue weighted by molar-refractivity contribution is -0.148. The van der Waals surface area contributed by atoms with Gasteiger partial charge in [0.15, 0.2) is 0 Å². The summed E-state index contributed by atoms with van der Waals surface area (Å²) in [5.41, 5.74) is 8.79. The van der Waals surface area contributed by atoms with Gasteiger partial charge in [-0.2, -0.15) is 0 Å². The summed E-state index contributed by atoms with van der Waals surface area (Å²) < 4.78 is 0. The Morgan fingerprint density at radius 1 is 1.00 bits per heavy atom. The molecule has 6 N–H and O–H groups in total. The summed E-state index contributed by atoms with van der Waals surface area (Å²) in [4.78, 5) is 66.7. The van der Waals surface area contributed by atoms with E-state index in [2.05, 4.69) is 10.6 Å². The van der Waals surface area contributed by atoms with Crippen LogP contribution in [0.25, 0.3) is 0 Å². The number of nitrogens with one attached hydrogen (secondary N) is 2. The Morgan fingerprint density at radius 3 is 1.97 bits per heavy atom. The third-order valence-corrected chi connectivity index (χ3v) is 8.98. The van der Waals surface area contributed by atoms with Crippen molar-refractivity contribution in [3.63, 3.8) is 0 Å². The molecule has 1 heterocycles. The quantitative estimate of drug-likeness (QED) is 0.358. The molecule has 0 bridgehead atoms. The van der Waals surface area contributed by atoms with Crippen molar-refractivity contribution in [2.75, 3.05) is 6.54 Å². The van der Waals surface area contributed by atoms with E-state index >= 15 is 0 Å². The summed E-state index contributed by atoms with van der Waals surface area (Å²) in [6.45, 7) is 15.1. The summed E-state index contributed by atoms with van der Waals surface area (Å²) in [5, 5.41) is 5.61. The largest absolute Gasteiger partial charge is 0.368 e. The number of hydrogen-bond donors (Lipinski definition) is 4. The van der Waals surface area contributed by atoms with Gasteiger partial charge in [0.05, 0.1) is 0 Å². The molecule has 10 nitrogen and oxygen atoms in total. The highest BCUT2D eigenvalue weighted by Crippen LogP contribution is 2.79. The number of nitrogens with two attached hydrogens (primary N) is 2. The number of carbonyl (C=O) groups is 5. The zero-order valence-electron chi connectivity index (χ0n) is 23.6. The van der Waals surface area contributed by atoms with Gasteiger partial charge in [-0.3, -0.25) is 19.2 Å². The van der Waals surface area contributed by atoms with Crippen molar-refractivity contribution in [1.82, 2.24) is 15.5 Å². The van der Waals surface area contributed by atoms with E-state index in [-0.39, 0.29) is 18.4 Å². The first-order valence-electron chi connectivity index (χ1n) is 13.3. The number of nitrogens with zero attached hydrogens (tertiary/aromatic N) is 1. The molecule has 0 radical (unpaired) electrons. The Kier molecular flexibility index (Phi) is 7.25. The third-order valence-electron chi connectivity index (χ3n) is 8.98. The molecule has 0 aromatic carbocycles. The van der Waals surface area contributed by atoms with Crippen LogP contribution in [0.3, 0.4) is 0 Å². The SMILES string of the molecule is CC(C)(C)NC(=O)N[C@H](C(=O)N1CC2C(C)(C)C2([C@H](CC2CCC2)C(=O)C(N)=O)C1C(N)=O)C(C)(C)C. The molecule has 3 unspecified atom stereocenters. The van der Waals surface area contributed by atoms with Crippen LogP contribution in [0.2, 0.25) is 0 Å². The molecule has 208 valence electrons. The number of piperidine rings is 1. The molecule has 37 heavy (non-hydrogen) atoms. The second kappa shape index (κ2) is 9.27. The van der Waals surface area contributed by atoms with Gasteiger partial charge in [-0.15, -0.1) is 0 Å². The number of hydrogen-bond acceptors (Lipinski definition) is 5. The molecule has 2 aliphatic carbocycles. The number of rotatable bonds is 8. The van der Waals surface area contributed by atoms with Crippen LogP contribution in [0.15, 0.2) is 0 Å². The molecule has 5 atom stereocenters. The van der Waals surface area contributed by atoms with Gasteiger partial charge < -0.3 is 27.0 Å². The topological polar surface area (TPSA) is 165 Å². The van der Waals surface area contributed by atoms with Crippen LogP contribution in [0, 0.1) is 34.0 Å². The molecule has 1 aliphatic heterocycles. The third kappa shape index (κ3) is 4.95. The second-order valence-corrected chi connectivity index (χ2v) is 14.0. The highest BCUT2D eigenvalue weighted by Gasteiger charge is 2.84. The lowest BCUT2D eigenvalue weighted by atomic mass is 9.67. The summed E-state index contributed by atoms with van der Waals surface area (Å²) in [6, 6.07) is -2.54. The van der Waals surface area contributed by atoms with Gasteiger partial charge in [0.1, 0.15) is 12.1 Å². The molecule has 3 rings (SSSR count). The normalized spacial score (nSPS) is 28.4. The van der Waals surface area contributed by atoms with Crippen molar-refractivity contribution in [3.05, 3.63) is 0 Å². The summed E-state index contributed by atoms with van der Waals surface area (Å²) >= 11 is 0. The maximum Gasteiger partial charge on any atom is 0.315 e. The van der Waals surface area contributed by atoms with Gasteiger partial charge in [0, 0.05) is 23.4 Å². The lowest BCUT2D eigenvalue weighted by Crippen LogP contribution is -2.62. The smallest absolute Gasteiger partial charge is 0.315 e. The minimum atomic E-state index is -1.09. The number of primary amides is 2. The molecule has 10 heteroatoms. The van der Waals surface area contributed by atoms with Crippen LogP contribution < -0.4 is 22.1 Å². The molecule has 2 saturated carbocycles. The summed E-state index contributed by atoms with van der Waals surface area (Å²) in [7, 11) is 0. The van der Waals surface area contributed by atoms with Gasteiger partial charge in [-0.25, -0.2) is 4.79 Å². The van der Waals surface area contributed by atoms with Gasteiger partial charge in [0.2, 0.25) is 17.6 Å². The number of carbonyl (C=O) groups excluding carboxylic acids is 5. The lowest BCUT2D eigenvalue weighted by Gasteiger charge is -2.42. The fourth-order valence-corrected chi connectivity index (χ4v) is 6.99. The van der Waals surface area contributed by atoms with Crippen molar-refractivity contribution < 1.29 is 24.0 Å². The Bertz CT molecular complexity index is 990. The number of ketones is 1. The number of likely N-dealkylation sites (tertiary alicyclic amines) is 1. The van der Waals surface area contributed by atoms with E-state index in [0.717, 1.165) is 19.3 Å². The van der Waals surface area contributed by atoms with Crippen molar-refractivity contribution >= 4 is 29.5 Å². The molecule has 0 aromatic heterocycles. The van der Waals surface area contributed by atoms with Crippen LogP contribution in [-0.4, -0.2) is 58.6 Å². The summed E-state index contributed by atoms with van der Waals surface area (Å²) in [5.74, 6) is -3.61. The van der Waals surface area contributed by atoms with E-state index in [4.69, 9.17) is 11.5 Å². The maximum atomic E-state index is 14.0. The van der Waals surface area contributed by atoms with E-state index in [9.17, 15) is 24.0 Å². The van der Waals surface area contributed by atoms with Crippen LogP contribution >= 0.6 is 0 Å². The molecule has 0 spiro atoms. The molecule has 5 amide bonds. The number of amides is 5. The average molecular weight is 520 g/mol. The summed E-state index contributed by atoms with van der Waals surface area (Å²) in [6.07, 6.45) is 3.41. The minimum Gasteiger partial charge on any atom is -0.368 e. The van der Waals surface area contributed by atoms with Crippen LogP contribution in [0.1, 0.15) is 81.1 Å². The Labute approximate surface area is 220 Å². The number of Topliss-reactive ketones (excluding diaryl/α,β-unsaturated/α-hetero) is 1. The highest BCUT2D eigenvalue weighted by atomic mass is 16.2. The zero-order valence-corrected chi connectivity index (χ0v) is 23.6. The van der Waals surface area contributed by atoms with E-state index in [1.165, 1.54) is 4.90 Å². The second-order valence-electron chi connectivity index (χ2n) is 14.0. The van der Waals surface area contributed by atoms with Crippen LogP contribution in [0.4, 0.5) is 4.79 Å². The Balaban J connectivity index is 2.01. The van der Waals surface area contributed by atoms with Gasteiger partial charge in [-0.1, -0.05) is 53.9 Å². The highest BCUT2D eigenvalue weighted by molar-refractivity contribution is 6.36. The predicted octanol–water partition coefficient (Wildman–Crippen LogP) is 1.70. The van der Waals surface area contributed by atoms with Gasteiger partial charge >= 0.3 is 6.03 Å². The first-order valence-corrected chi connectivity index (χ1v) is 13.3. The number of fused-ring (bicyclic) bond motifs is 1. The molecule has 1 saturated heterocycles. The number of urea groups is 1. The fourth-order valence-electron chi connectivity index (χ4n) is 6.99. The van der Waals surface area contributed by atoms with Crippen molar-refractivity contribution in [2.45, 2.75) is 98.7 Å². The molecular formula is C27H45N5O5. The van der Waals surface area contributed by atoms with Gasteiger partial charge in [0.25, 0.3) is 5.91 Å². The fraction of sp³-hybridized carbons (Fsp3) is 0.815. The minimum absolute atomic E-state index is 0.209. The predicted molar refractivity (Wildman–Crippen MR) is 139 cm³/mol. The Hall–Kier alpha value is -2.65. The van der Waals surface area contributed by atoms with E-state index in [1.807, 2.05) is 55.4 Å². The van der Waals surface area contributed by atoms with Crippen molar-refractivity contribution in [1.29, 1.82) is 0 Å². The van der Waals surface area contributed by atoms with Crippen molar-refractivity contribution in [3.8, 4) is 0 Å². The first kappa shape index (κ1) is 28.9. The Morgan fingerprint density at radius 2 is 1.57 bits per heavy atom. The maximum absolute atomic E-state index is 14.0. The standard InChI is InChI=1S/C27H45N5O5/c1-24(2,3)18(30-23(37)31-25(4,5)6)22(36)32-13-16-26(7,8)27(16,19(32)21(29)35)15(17(33)20(28)34)12-14-10-9-11-14/h14-16,18-19H,9-13H2,1-8H3,(H2,28,34)(H2,29,35)(H2,30,31,37)/t15-,16?,18-,19?,27?/m1/s1. The van der Waals surface area contributed by atoms with Crippen LogP contribution in [0.5, 0.6) is 0 Å². The molecule has 3 aliphatic rings. The van der Waals surface area contributed by atoms with Gasteiger partial charge in [-0.05, 0) is 49.9 Å². The average Bonchev–Trinajstić information content (AvgIpc) is 3.00. The molecular weight excluding hydrogens is 474 g/mol. The van der Waals surface area contributed by atoms with Crippen molar-refractivity contribution in [2.24, 2.45) is 45.5 Å². The first-order chi connectivity index (χ1) is 16.8. The van der Waals surface area contributed by atoms with Crippen LogP contribution in [-0.2, 0) is 19.2 Å². The van der Waals surface area contributed by atoms with E-state index < -0.39 is 69.3 Å².